The van der Waals surface area contributed by atoms with E-state index in [4.69, 9.17) is 5.11 Å². The molecule has 0 fully saturated rings. The normalized spacial score (nSPS) is 15.4. The topological polar surface area (TPSA) is 49.3 Å². The summed E-state index contributed by atoms with van der Waals surface area (Å²) < 4.78 is 1.04. The first kappa shape index (κ1) is 17.2. The van der Waals surface area contributed by atoms with Gasteiger partial charge in [0.25, 0.3) is 0 Å². The minimum Gasteiger partial charge on any atom is -0.396 e. The standard InChI is InChI=1S/C16H24BrNO2/c1-4-16(3,9-10-19)18-15(20)12(2)11-13-5-7-14(17)8-6-13/h5-8,12,19H,4,9-11H2,1-3H3,(H,18,20). The van der Waals surface area contributed by atoms with Crippen molar-refractivity contribution in [2.45, 2.75) is 45.6 Å². The molecule has 0 aliphatic rings. The second kappa shape index (κ2) is 7.79. The van der Waals surface area contributed by atoms with Gasteiger partial charge >= 0.3 is 0 Å². The largest absolute Gasteiger partial charge is 0.396 e. The Morgan fingerprint density at radius 1 is 1.40 bits per heavy atom. The number of benzene rings is 1. The number of carbonyl (C=O) groups is 1. The molecule has 0 aliphatic heterocycles. The third kappa shape index (κ3) is 5.25. The van der Waals surface area contributed by atoms with Gasteiger partial charge < -0.3 is 10.4 Å². The monoisotopic (exact) mass is 341 g/mol. The highest BCUT2D eigenvalue weighted by atomic mass is 79.9. The number of halogens is 1. The number of nitrogens with one attached hydrogen (secondary N) is 1. The fourth-order valence-corrected chi connectivity index (χ4v) is 2.33. The number of carbonyl (C=O) groups excluding carboxylic acids is 1. The zero-order valence-electron chi connectivity index (χ0n) is 12.4. The van der Waals surface area contributed by atoms with Crippen molar-refractivity contribution in [2.75, 3.05) is 6.61 Å². The van der Waals surface area contributed by atoms with Crippen molar-refractivity contribution >= 4 is 21.8 Å². The number of hydrogen-bond donors (Lipinski definition) is 2. The zero-order chi connectivity index (χ0) is 15.2. The average molecular weight is 342 g/mol. The van der Waals surface area contributed by atoms with Gasteiger partial charge in [0.05, 0.1) is 0 Å². The van der Waals surface area contributed by atoms with E-state index >= 15 is 0 Å². The van der Waals surface area contributed by atoms with Gasteiger partial charge in [0.2, 0.25) is 5.91 Å². The molecule has 1 aromatic rings. The number of rotatable bonds is 7. The Hall–Kier alpha value is -0.870. The van der Waals surface area contributed by atoms with Gasteiger partial charge in [0.15, 0.2) is 0 Å². The van der Waals surface area contributed by atoms with Crippen LogP contribution in [0.1, 0.15) is 39.2 Å². The van der Waals surface area contributed by atoms with Crippen LogP contribution < -0.4 is 5.32 Å². The third-order valence-corrected chi connectivity index (χ3v) is 4.30. The van der Waals surface area contributed by atoms with Crippen molar-refractivity contribution in [1.29, 1.82) is 0 Å². The Morgan fingerprint density at radius 2 is 2.00 bits per heavy atom. The molecular weight excluding hydrogens is 318 g/mol. The lowest BCUT2D eigenvalue weighted by Crippen LogP contribution is -2.48. The van der Waals surface area contributed by atoms with Gasteiger partial charge in [-0.15, -0.1) is 0 Å². The maximum absolute atomic E-state index is 12.3. The zero-order valence-corrected chi connectivity index (χ0v) is 14.0. The average Bonchev–Trinajstić information content (AvgIpc) is 2.41. The molecule has 3 nitrogen and oxygen atoms in total. The first-order chi connectivity index (χ1) is 9.40. The van der Waals surface area contributed by atoms with Crippen molar-refractivity contribution in [3.8, 4) is 0 Å². The van der Waals surface area contributed by atoms with E-state index < -0.39 is 0 Å². The van der Waals surface area contributed by atoms with Crippen molar-refractivity contribution < 1.29 is 9.90 Å². The summed E-state index contributed by atoms with van der Waals surface area (Å²) >= 11 is 3.40. The predicted octanol–water partition coefficient (Wildman–Crippen LogP) is 3.30. The second-order valence-corrected chi connectivity index (χ2v) is 6.52. The van der Waals surface area contributed by atoms with Crippen LogP contribution in [-0.2, 0) is 11.2 Å². The summed E-state index contributed by atoms with van der Waals surface area (Å²) in [4.78, 5) is 12.3. The Labute approximate surface area is 129 Å². The third-order valence-electron chi connectivity index (χ3n) is 3.77. The summed E-state index contributed by atoms with van der Waals surface area (Å²) in [5, 5.41) is 12.2. The Morgan fingerprint density at radius 3 is 2.50 bits per heavy atom. The van der Waals surface area contributed by atoms with Crippen LogP contribution in [0.15, 0.2) is 28.7 Å². The first-order valence-electron chi connectivity index (χ1n) is 7.07. The molecule has 0 saturated carbocycles. The van der Waals surface area contributed by atoms with Gasteiger partial charge in [-0.05, 0) is 43.9 Å². The molecule has 0 radical (unpaired) electrons. The molecule has 2 N–H and O–H groups in total. The van der Waals surface area contributed by atoms with E-state index in [-0.39, 0.29) is 24.0 Å². The summed E-state index contributed by atoms with van der Waals surface area (Å²) in [6.07, 6.45) is 2.11. The maximum Gasteiger partial charge on any atom is 0.223 e. The summed E-state index contributed by atoms with van der Waals surface area (Å²) in [5.74, 6) is -0.0357. The first-order valence-corrected chi connectivity index (χ1v) is 7.87. The van der Waals surface area contributed by atoms with Crippen molar-refractivity contribution in [1.82, 2.24) is 5.32 Å². The smallest absolute Gasteiger partial charge is 0.223 e. The van der Waals surface area contributed by atoms with E-state index in [1.165, 1.54) is 0 Å². The predicted molar refractivity (Wildman–Crippen MR) is 85.6 cm³/mol. The van der Waals surface area contributed by atoms with Crippen LogP contribution in [0.3, 0.4) is 0 Å². The van der Waals surface area contributed by atoms with Crippen LogP contribution in [0.4, 0.5) is 0 Å². The van der Waals surface area contributed by atoms with Crippen molar-refractivity contribution in [2.24, 2.45) is 5.92 Å². The van der Waals surface area contributed by atoms with E-state index in [0.717, 1.165) is 22.9 Å². The molecule has 112 valence electrons. The second-order valence-electron chi connectivity index (χ2n) is 5.61. The van der Waals surface area contributed by atoms with Crippen LogP contribution in [0.25, 0.3) is 0 Å². The van der Waals surface area contributed by atoms with Gasteiger partial charge in [-0.1, -0.05) is 41.9 Å². The molecule has 1 aromatic carbocycles. The summed E-state index contributed by atoms with van der Waals surface area (Å²) in [6.45, 7) is 6.03. The summed E-state index contributed by atoms with van der Waals surface area (Å²) in [5.41, 5.74) is 0.830. The highest BCUT2D eigenvalue weighted by molar-refractivity contribution is 9.10. The molecule has 1 amide bonds. The molecule has 1 rings (SSSR count). The van der Waals surface area contributed by atoms with Crippen LogP contribution in [-0.4, -0.2) is 23.2 Å². The molecular formula is C16H24BrNO2. The van der Waals surface area contributed by atoms with Gasteiger partial charge in [0, 0.05) is 22.5 Å². The van der Waals surface area contributed by atoms with Gasteiger partial charge in [-0.3, -0.25) is 4.79 Å². The Bertz CT molecular complexity index is 433. The van der Waals surface area contributed by atoms with E-state index in [9.17, 15) is 4.79 Å². The molecule has 0 bridgehead atoms. The van der Waals surface area contributed by atoms with Crippen molar-refractivity contribution in [3.05, 3.63) is 34.3 Å². The lowest BCUT2D eigenvalue weighted by Gasteiger charge is -2.30. The molecule has 2 atom stereocenters. The molecule has 0 saturated heterocycles. The number of aliphatic hydroxyl groups is 1. The number of aliphatic hydroxyl groups excluding tert-OH is 1. The molecule has 2 unspecified atom stereocenters. The molecule has 20 heavy (non-hydrogen) atoms. The number of amides is 1. The summed E-state index contributed by atoms with van der Waals surface area (Å²) in [7, 11) is 0. The fraction of sp³-hybridized carbons (Fsp3) is 0.562. The molecule has 0 aliphatic carbocycles. The maximum atomic E-state index is 12.3. The fourth-order valence-electron chi connectivity index (χ4n) is 2.06. The van der Waals surface area contributed by atoms with E-state index in [2.05, 4.69) is 21.2 Å². The van der Waals surface area contributed by atoms with Crippen molar-refractivity contribution in [3.63, 3.8) is 0 Å². The summed E-state index contributed by atoms with van der Waals surface area (Å²) in [6, 6.07) is 8.03. The number of hydrogen-bond acceptors (Lipinski definition) is 2. The van der Waals surface area contributed by atoms with Crippen LogP contribution in [0.5, 0.6) is 0 Å². The lowest BCUT2D eigenvalue weighted by atomic mass is 9.92. The quantitative estimate of drug-likeness (QED) is 0.799. The van der Waals surface area contributed by atoms with E-state index in [1.54, 1.807) is 0 Å². The van der Waals surface area contributed by atoms with Crippen LogP contribution >= 0.6 is 15.9 Å². The molecule has 4 heteroatoms. The molecule has 0 aromatic heterocycles. The highest BCUT2D eigenvalue weighted by Crippen LogP contribution is 2.17. The minimum atomic E-state index is -0.320. The van der Waals surface area contributed by atoms with E-state index in [1.807, 2.05) is 45.0 Å². The highest BCUT2D eigenvalue weighted by Gasteiger charge is 2.26. The van der Waals surface area contributed by atoms with Crippen LogP contribution in [0.2, 0.25) is 0 Å². The molecule has 0 spiro atoms. The van der Waals surface area contributed by atoms with E-state index in [0.29, 0.717) is 6.42 Å². The Balaban J connectivity index is 2.60. The SMILES string of the molecule is CCC(C)(CCO)NC(=O)C(C)Cc1ccc(Br)cc1. The van der Waals surface area contributed by atoms with Gasteiger partial charge in [0.1, 0.15) is 0 Å². The van der Waals surface area contributed by atoms with Gasteiger partial charge in [-0.25, -0.2) is 0 Å². The minimum absolute atomic E-state index is 0.0470. The lowest BCUT2D eigenvalue weighted by molar-refractivity contribution is -0.126. The Kier molecular flexibility index (Phi) is 6.69. The van der Waals surface area contributed by atoms with Gasteiger partial charge in [-0.2, -0.15) is 0 Å². The molecule has 0 heterocycles. The van der Waals surface area contributed by atoms with Crippen LogP contribution in [0, 0.1) is 5.92 Å².